The van der Waals surface area contributed by atoms with Crippen molar-refractivity contribution in [3.8, 4) is 5.75 Å². The Bertz CT molecular complexity index is 472. The van der Waals surface area contributed by atoms with E-state index in [0.717, 1.165) is 5.56 Å². The van der Waals surface area contributed by atoms with Crippen molar-refractivity contribution >= 4 is 58.5 Å². The van der Waals surface area contributed by atoms with Crippen molar-refractivity contribution in [3.05, 3.63) is 27.7 Å². The van der Waals surface area contributed by atoms with Gasteiger partial charge in [0.25, 0.3) is 10.4 Å². The summed E-state index contributed by atoms with van der Waals surface area (Å²) in [4.78, 5) is 10.8. The van der Waals surface area contributed by atoms with Crippen LogP contribution in [0.15, 0.2) is 12.1 Å². The third-order valence-electron chi connectivity index (χ3n) is 1.80. The van der Waals surface area contributed by atoms with Crippen LogP contribution in [0.3, 0.4) is 0 Å². The number of carbonyl (C=O) groups excluding carboxylic acids is 1. The van der Waals surface area contributed by atoms with E-state index in [2.05, 4.69) is 18.4 Å². The summed E-state index contributed by atoms with van der Waals surface area (Å²) in [6.45, 7) is 0.261. The molecule has 1 rings (SSSR count). The van der Waals surface area contributed by atoms with Crippen molar-refractivity contribution < 1.29 is 14.6 Å². The summed E-state index contributed by atoms with van der Waals surface area (Å²) in [7, 11) is 3.58. The number of carbonyl (C=O) groups is 1. The molecule has 1 amide bonds. The minimum Gasteiger partial charge on any atom is -0.505 e. The Balaban J connectivity index is 0.000000796. The summed E-state index contributed by atoms with van der Waals surface area (Å²) in [5.41, 5.74) is 5.08. The summed E-state index contributed by atoms with van der Waals surface area (Å²) in [5.74, 6) is -0.123. The van der Waals surface area contributed by atoms with Gasteiger partial charge in [-0.15, -0.1) is 0 Å². The fraction of sp³-hybridized carbons (Fsp3) is 0.273. The number of hydrogen-bond acceptors (Lipinski definition) is 4. The first-order chi connectivity index (χ1) is 9.15. The Labute approximate surface area is 138 Å². The van der Waals surface area contributed by atoms with E-state index in [0.29, 0.717) is 5.17 Å². The number of hydrogen-bond donors (Lipinski definition) is 3. The van der Waals surface area contributed by atoms with Gasteiger partial charge in [0.1, 0.15) is 6.61 Å². The molecule has 0 unspecified atom stereocenters. The normalized spacial score (nSPS) is 9.25. The first-order valence-electron chi connectivity index (χ1n) is 5.14. The molecule has 0 saturated carbocycles. The van der Waals surface area contributed by atoms with Gasteiger partial charge < -0.3 is 20.5 Å². The molecule has 5 nitrogen and oxygen atoms in total. The Kier molecular flexibility index (Phi) is 8.71. The number of halogens is 2. The van der Waals surface area contributed by atoms with E-state index < -0.39 is 5.24 Å². The van der Waals surface area contributed by atoms with Crippen LogP contribution in [0.4, 0.5) is 4.79 Å². The summed E-state index contributed by atoms with van der Waals surface area (Å²) in [5, 5.41) is 9.49. The van der Waals surface area contributed by atoms with Crippen LogP contribution in [-0.2, 0) is 11.3 Å². The molecule has 0 aliphatic heterocycles. The average molecular weight is 357 g/mol. The quantitative estimate of drug-likeness (QED) is 0.560. The topological polar surface area (TPSA) is 75.8 Å². The molecule has 0 aromatic heterocycles. The van der Waals surface area contributed by atoms with Crippen LogP contribution in [-0.4, -0.2) is 34.5 Å². The number of thiocarbonyl (C=S) groups is 1. The van der Waals surface area contributed by atoms with Crippen LogP contribution in [0.2, 0.25) is 10.0 Å². The SMILES string of the molecule is CN(C)C(=S)OCc1cc(Cl)c(O)c(Cl)c1.NC(=O)S. The number of primary amides is 1. The number of phenolic OH excluding ortho intramolecular Hbond substituents is 1. The molecule has 0 fully saturated rings. The summed E-state index contributed by atoms with van der Waals surface area (Å²) in [6, 6.07) is 3.17. The van der Waals surface area contributed by atoms with Gasteiger partial charge >= 0.3 is 0 Å². The predicted molar refractivity (Wildman–Crippen MR) is 87.8 cm³/mol. The zero-order valence-corrected chi connectivity index (χ0v) is 14.0. The lowest BCUT2D eigenvalue weighted by molar-refractivity contribution is 0.257. The van der Waals surface area contributed by atoms with Crippen LogP contribution in [0.25, 0.3) is 0 Å². The Morgan fingerprint density at radius 1 is 1.45 bits per heavy atom. The second-order valence-electron chi connectivity index (χ2n) is 3.70. The number of nitrogens with zero attached hydrogens (tertiary/aromatic N) is 1. The van der Waals surface area contributed by atoms with Crippen LogP contribution in [0.5, 0.6) is 5.75 Å². The van der Waals surface area contributed by atoms with Crippen LogP contribution < -0.4 is 5.73 Å². The van der Waals surface area contributed by atoms with Crippen molar-refractivity contribution in [1.82, 2.24) is 4.90 Å². The van der Waals surface area contributed by atoms with E-state index in [9.17, 15) is 5.11 Å². The Hall–Kier alpha value is -0.890. The maximum Gasteiger partial charge on any atom is 0.273 e. The van der Waals surface area contributed by atoms with Crippen molar-refractivity contribution in [3.63, 3.8) is 0 Å². The van der Waals surface area contributed by atoms with Gasteiger partial charge in [-0.3, -0.25) is 4.79 Å². The molecule has 1 aromatic carbocycles. The number of phenols is 1. The number of benzene rings is 1. The van der Waals surface area contributed by atoms with Crippen molar-refractivity contribution in [2.45, 2.75) is 6.61 Å². The third-order valence-corrected chi connectivity index (χ3v) is 2.86. The number of aromatic hydroxyl groups is 1. The minimum atomic E-state index is -0.639. The van der Waals surface area contributed by atoms with Gasteiger partial charge in [-0.2, -0.15) is 0 Å². The molecule has 3 N–H and O–H groups in total. The second kappa shape index (κ2) is 9.12. The maximum atomic E-state index is 9.36. The van der Waals surface area contributed by atoms with E-state index in [4.69, 9.17) is 45.0 Å². The highest BCUT2D eigenvalue weighted by molar-refractivity contribution is 7.96. The minimum absolute atomic E-state index is 0.123. The fourth-order valence-electron chi connectivity index (χ4n) is 0.976. The van der Waals surface area contributed by atoms with Gasteiger partial charge in [-0.05, 0) is 29.9 Å². The van der Waals surface area contributed by atoms with E-state index in [1.807, 2.05) is 0 Å². The zero-order valence-electron chi connectivity index (χ0n) is 10.8. The lowest BCUT2D eigenvalue weighted by Crippen LogP contribution is -2.22. The van der Waals surface area contributed by atoms with Gasteiger partial charge in [0, 0.05) is 14.1 Å². The summed E-state index contributed by atoms with van der Waals surface area (Å²) >= 11 is 19.6. The zero-order chi connectivity index (χ0) is 15.9. The molecule has 0 bridgehead atoms. The third kappa shape index (κ3) is 7.64. The van der Waals surface area contributed by atoms with Gasteiger partial charge in [-0.25, -0.2) is 0 Å². The highest BCUT2D eigenvalue weighted by atomic mass is 35.5. The molecule has 0 radical (unpaired) electrons. The number of rotatable bonds is 2. The number of amides is 1. The summed E-state index contributed by atoms with van der Waals surface area (Å²) in [6.07, 6.45) is 0. The van der Waals surface area contributed by atoms with Crippen molar-refractivity contribution in [2.24, 2.45) is 5.73 Å². The molecular weight excluding hydrogens is 343 g/mol. The highest BCUT2D eigenvalue weighted by Gasteiger charge is 2.08. The molecular formula is C11H14Cl2N2O3S2. The van der Waals surface area contributed by atoms with Crippen molar-refractivity contribution in [1.29, 1.82) is 0 Å². The molecule has 0 saturated heterocycles. The molecule has 1 aromatic rings. The first kappa shape index (κ1) is 19.1. The molecule has 112 valence electrons. The van der Waals surface area contributed by atoms with Gasteiger partial charge in [0.05, 0.1) is 10.0 Å². The van der Waals surface area contributed by atoms with E-state index in [1.54, 1.807) is 31.1 Å². The molecule has 0 spiro atoms. The van der Waals surface area contributed by atoms with E-state index in [1.165, 1.54) is 0 Å². The van der Waals surface area contributed by atoms with Gasteiger partial charge in [-0.1, -0.05) is 35.8 Å². The Morgan fingerprint density at radius 2 is 1.85 bits per heavy atom. The van der Waals surface area contributed by atoms with Crippen LogP contribution >= 0.6 is 48.0 Å². The lowest BCUT2D eigenvalue weighted by atomic mass is 10.2. The number of ether oxygens (including phenoxy) is 1. The standard InChI is InChI=1S/C10H11Cl2NO2S.CH3NOS/c1-13(2)10(16)15-5-6-3-7(11)9(14)8(12)4-6;2-1(3)4/h3-4,14H,5H2,1-2H3;(H3,2,3,4). The lowest BCUT2D eigenvalue weighted by Gasteiger charge is -2.14. The number of nitrogens with two attached hydrogens (primary N) is 1. The average Bonchev–Trinajstić information content (AvgIpc) is 2.31. The summed E-state index contributed by atoms with van der Waals surface area (Å²) < 4.78 is 5.30. The largest absolute Gasteiger partial charge is 0.505 e. The van der Waals surface area contributed by atoms with Gasteiger partial charge in [0.2, 0.25) is 0 Å². The fourth-order valence-corrected chi connectivity index (χ4v) is 1.57. The highest BCUT2D eigenvalue weighted by Crippen LogP contribution is 2.32. The molecule has 20 heavy (non-hydrogen) atoms. The van der Waals surface area contributed by atoms with Gasteiger partial charge in [0.15, 0.2) is 5.75 Å². The van der Waals surface area contributed by atoms with Crippen LogP contribution in [0.1, 0.15) is 5.56 Å². The smallest absolute Gasteiger partial charge is 0.273 e. The maximum absolute atomic E-state index is 9.36. The van der Waals surface area contributed by atoms with Crippen LogP contribution in [0, 0.1) is 0 Å². The number of thiol groups is 1. The van der Waals surface area contributed by atoms with E-state index >= 15 is 0 Å². The molecule has 0 heterocycles. The monoisotopic (exact) mass is 356 g/mol. The first-order valence-corrected chi connectivity index (χ1v) is 6.75. The molecule has 9 heteroatoms. The predicted octanol–water partition coefficient (Wildman–Crippen LogP) is 3.06. The Morgan fingerprint density at radius 3 is 2.20 bits per heavy atom. The second-order valence-corrected chi connectivity index (χ2v) is 5.30. The molecule has 0 aliphatic carbocycles. The molecule has 0 atom stereocenters. The van der Waals surface area contributed by atoms with E-state index in [-0.39, 0.29) is 22.4 Å². The van der Waals surface area contributed by atoms with Crippen molar-refractivity contribution in [2.75, 3.05) is 14.1 Å². The molecule has 0 aliphatic rings.